The van der Waals surface area contributed by atoms with E-state index in [1.165, 1.54) is 17.0 Å². The summed E-state index contributed by atoms with van der Waals surface area (Å²) in [6.45, 7) is -2.95. The molecular weight excluding hydrogens is 438 g/mol. The van der Waals surface area contributed by atoms with Crippen LogP contribution in [0.25, 0.3) is 5.69 Å². The number of rotatable bonds is 8. The number of aromatic nitrogens is 4. The number of aromatic carboxylic acids is 1. The Balaban J connectivity index is 1.44. The Morgan fingerprint density at radius 3 is 2.52 bits per heavy atom. The molecule has 0 amide bonds. The van der Waals surface area contributed by atoms with Gasteiger partial charge in [0, 0.05) is 24.5 Å². The number of nitrogens with zero attached hydrogens (tertiary/aromatic N) is 4. The molecule has 0 unspecified atom stereocenters. The van der Waals surface area contributed by atoms with Crippen LogP contribution in [-0.4, -0.2) is 49.3 Å². The van der Waals surface area contributed by atoms with E-state index in [0.29, 0.717) is 12.1 Å². The van der Waals surface area contributed by atoms with Crippen LogP contribution in [0.2, 0.25) is 0 Å². The number of halogens is 2. The Labute approximate surface area is 186 Å². The lowest BCUT2D eigenvalue weighted by Gasteiger charge is -2.18. The van der Waals surface area contributed by atoms with Gasteiger partial charge in [-0.1, -0.05) is 0 Å². The van der Waals surface area contributed by atoms with Crippen LogP contribution in [0.4, 0.5) is 20.4 Å². The number of nitrogens with one attached hydrogen (secondary N) is 2. The average Bonchev–Trinajstić information content (AvgIpc) is 3.22. The summed E-state index contributed by atoms with van der Waals surface area (Å²) in [5, 5.41) is 15.9. The van der Waals surface area contributed by atoms with Gasteiger partial charge in [0.25, 0.3) is 5.56 Å². The van der Waals surface area contributed by atoms with Gasteiger partial charge in [0.15, 0.2) is 5.75 Å². The predicted molar refractivity (Wildman–Crippen MR) is 114 cm³/mol. The minimum absolute atomic E-state index is 0.0200. The molecule has 1 saturated carbocycles. The highest BCUT2D eigenvalue weighted by molar-refractivity contribution is 5.93. The fourth-order valence-corrected chi connectivity index (χ4v) is 3.76. The third-order valence-corrected chi connectivity index (χ3v) is 5.21. The highest BCUT2D eigenvalue weighted by Gasteiger charge is 2.27. The van der Waals surface area contributed by atoms with E-state index in [1.807, 2.05) is 0 Å². The number of carboxylic acids is 1. The van der Waals surface area contributed by atoms with Crippen molar-refractivity contribution >= 4 is 17.6 Å². The predicted octanol–water partition coefficient (Wildman–Crippen LogP) is 2.77. The van der Waals surface area contributed by atoms with Crippen molar-refractivity contribution in [3.63, 3.8) is 0 Å². The first kappa shape index (κ1) is 22.1. The minimum Gasteiger partial charge on any atom is -0.477 e. The Kier molecular flexibility index (Phi) is 6.43. The molecule has 1 aliphatic rings. The summed E-state index contributed by atoms with van der Waals surface area (Å²) in [7, 11) is 0. The van der Waals surface area contributed by atoms with Gasteiger partial charge >= 0.3 is 12.6 Å². The first-order chi connectivity index (χ1) is 15.9. The molecule has 3 N–H and O–H groups in total. The first-order valence-electron chi connectivity index (χ1n) is 10.1. The second kappa shape index (κ2) is 9.59. The molecule has 1 aliphatic carbocycles. The van der Waals surface area contributed by atoms with E-state index >= 15 is 0 Å². The van der Waals surface area contributed by atoms with Crippen LogP contribution >= 0.6 is 0 Å². The minimum atomic E-state index is -2.95. The van der Waals surface area contributed by atoms with Crippen LogP contribution in [0.5, 0.6) is 5.75 Å². The lowest BCUT2D eigenvalue weighted by Crippen LogP contribution is -2.29. The van der Waals surface area contributed by atoms with Gasteiger partial charge in [-0.05, 0) is 37.5 Å². The highest BCUT2D eigenvalue weighted by Crippen LogP contribution is 2.26. The van der Waals surface area contributed by atoms with Gasteiger partial charge in [0.05, 0.1) is 30.0 Å². The third kappa shape index (κ3) is 5.22. The molecule has 0 aromatic carbocycles. The van der Waals surface area contributed by atoms with Crippen molar-refractivity contribution in [2.75, 3.05) is 10.6 Å². The summed E-state index contributed by atoms with van der Waals surface area (Å²) in [6.07, 6.45) is 8.93. The molecule has 3 aromatic rings. The summed E-state index contributed by atoms with van der Waals surface area (Å²) < 4.78 is 29.9. The van der Waals surface area contributed by atoms with Gasteiger partial charge in [-0.3, -0.25) is 14.3 Å². The van der Waals surface area contributed by atoms with Gasteiger partial charge < -0.3 is 20.5 Å². The fourth-order valence-electron chi connectivity index (χ4n) is 3.76. The van der Waals surface area contributed by atoms with Crippen molar-refractivity contribution in [2.45, 2.75) is 38.0 Å². The van der Waals surface area contributed by atoms with E-state index in [-0.39, 0.29) is 35.0 Å². The zero-order valence-electron chi connectivity index (χ0n) is 17.2. The average molecular weight is 458 g/mol. The first-order valence-corrected chi connectivity index (χ1v) is 10.1. The smallest absolute Gasteiger partial charge is 0.387 e. The van der Waals surface area contributed by atoms with E-state index < -0.39 is 18.1 Å². The molecule has 1 fully saturated rings. The van der Waals surface area contributed by atoms with Crippen LogP contribution in [0.15, 0.2) is 54.0 Å². The quantitative estimate of drug-likeness (QED) is 0.466. The molecule has 0 aliphatic heterocycles. The normalized spacial score (nSPS) is 17.7. The molecular formula is C21H20F2N6O4. The molecule has 10 nitrogen and oxygen atoms in total. The van der Waals surface area contributed by atoms with Crippen LogP contribution < -0.4 is 20.9 Å². The SMILES string of the molecule is O=C(O)c1c(N[C@H]2CC[C@H](Nc3ncc(OC(F)F)cn3)C2)ccn(-c2cccnc2)c1=O. The lowest BCUT2D eigenvalue weighted by atomic mass is 10.1. The number of carbonyl (C=O) groups is 1. The molecule has 0 spiro atoms. The summed E-state index contributed by atoms with van der Waals surface area (Å²) in [5.74, 6) is -1.19. The molecule has 4 rings (SSSR count). The van der Waals surface area contributed by atoms with Gasteiger partial charge in [-0.2, -0.15) is 8.78 Å². The number of hydrogen-bond acceptors (Lipinski definition) is 8. The third-order valence-electron chi connectivity index (χ3n) is 5.21. The Hall–Kier alpha value is -4.09. The van der Waals surface area contributed by atoms with Crippen molar-refractivity contribution in [1.29, 1.82) is 0 Å². The van der Waals surface area contributed by atoms with E-state index in [4.69, 9.17) is 0 Å². The van der Waals surface area contributed by atoms with Gasteiger partial charge in [-0.25, -0.2) is 14.8 Å². The monoisotopic (exact) mass is 458 g/mol. The topological polar surface area (TPSA) is 131 Å². The molecule has 0 saturated heterocycles. The highest BCUT2D eigenvalue weighted by atomic mass is 19.3. The van der Waals surface area contributed by atoms with Crippen LogP contribution in [0, 0.1) is 0 Å². The maximum Gasteiger partial charge on any atom is 0.387 e. The largest absolute Gasteiger partial charge is 0.477 e. The lowest BCUT2D eigenvalue weighted by molar-refractivity contribution is -0.0503. The van der Waals surface area contributed by atoms with E-state index in [1.54, 1.807) is 24.4 Å². The molecule has 172 valence electrons. The van der Waals surface area contributed by atoms with E-state index in [9.17, 15) is 23.5 Å². The van der Waals surface area contributed by atoms with Crippen molar-refractivity contribution in [3.05, 3.63) is 65.1 Å². The zero-order valence-corrected chi connectivity index (χ0v) is 17.2. The number of hydrogen-bond donors (Lipinski definition) is 3. The molecule has 0 radical (unpaired) electrons. The molecule has 0 bridgehead atoms. The molecule has 3 aromatic heterocycles. The van der Waals surface area contributed by atoms with Crippen LogP contribution in [0.1, 0.15) is 29.6 Å². The number of anilines is 2. The van der Waals surface area contributed by atoms with Crippen molar-refractivity contribution in [1.82, 2.24) is 19.5 Å². The van der Waals surface area contributed by atoms with Gasteiger partial charge in [0.1, 0.15) is 5.56 Å². The Morgan fingerprint density at radius 1 is 1.15 bits per heavy atom. The van der Waals surface area contributed by atoms with E-state index in [2.05, 4.69) is 30.3 Å². The van der Waals surface area contributed by atoms with Crippen LogP contribution in [0.3, 0.4) is 0 Å². The van der Waals surface area contributed by atoms with Gasteiger partial charge in [-0.15, -0.1) is 0 Å². The summed E-state index contributed by atoms with van der Waals surface area (Å²) >= 11 is 0. The molecule has 12 heteroatoms. The Morgan fingerprint density at radius 2 is 1.88 bits per heavy atom. The molecule has 2 atom stereocenters. The second-order valence-electron chi connectivity index (χ2n) is 7.41. The number of ether oxygens (including phenoxy) is 1. The Bertz CT molecular complexity index is 1170. The van der Waals surface area contributed by atoms with Crippen LogP contribution in [-0.2, 0) is 0 Å². The summed E-state index contributed by atoms with van der Waals surface area (Å²) in [5.41, 5.74) is -0.307. The second-order valence-corrected chi connectivity index (χ2v) is 7.41. The molecule has 3 heterocycles. The number of pyridine rings is 2. The maximum atomic E-state index is 12.8. The maximum absolute atomic E-state index is 12.8. The fraction of sp³-hybridized carbons (Fsp3) is 0.286. The number of carboxylic acid groups (broad SMARTS) is 1. The van der Waals surface area contributed by atoms with Crippen molar-refractivity contribution in [2.24, 2.45) is 0 Å². The summed E-state index contributed by atoms with van der Waals surface area (Å²) in [4.78, 5) is 36.6. The number of alkyl halides is 2. The zero-order chi connectivity index (χ0) is 23.4. The molecule has 33 heavy (non-hydrogen) atoms. The van der Waals surface area contributed by atoms with Crippen molar-refractivity contribution in [3.8, 4) is 11.4 Å². The summed E-state index contributed by atoms with van der Waals surface area (Å²) in [6, 6.07) is 4.77. The van der Waals surface area contributed by atoms with E-state index in [0.717, 1.165) is 25.2 Å². The van der Waals surface area contributed by atoms with Gasteiger partial charge in [0.2, 0.25) is 5.95 Å². The van der Waals surface area contributed by atoms with Crippen molar-refractivity contribution < 1.29 is 23.4 Å². The standard InChI is InChI=1S/C21H20F2N6O4/c22-20(23)33-15-10-25-21(26-11-15)28-13-4-3-12(8-13)27-16-5-7-29(14-2-1-6-24-9-14)18(30)17(16)19(31)32/h1-2,5-7,9-13,20,27H,3-4,8H2,(H,31,32)(H,25,26,28)/t12-,13-/m0/s1.